The summed E-state index contributed by atoms with van der Waals surface area (Å²) in [6, 6.07) is 12.5. The van der Waals surface area contributed by atoms with Crippen LogP contribution < -0.4 is 4.74 Å². The van der Waals surface area contributed by atoms with E-state index in [2.05, 4.69) is 45.1 Å². The summed E-state index contributed by atoms with van der Waals surface area (Å²) >= 11 is 0. The summed E-state index contributed by atoms with van der Waals surface area (Å²) in [7, 11) is 0. The first-order chi connectivity index (χ1) is 20.6. The Kier molecular flexibility index (Phi) is 11.6. The minimum Gasteiger partial charge on any atom is -0.487 e. The number of hydrogen-bond acceptors (Lipinski definition) is 6. The number of fused-ring (bicyclic) bond motifs is 1. The Bertz CT molecular complexity index is 1240. The van der Waals surface area contributed by atoms with Gasteiger partial charge in [-0.3, -0.25) is 14.7 Å². The van der Waals surface area contributed by atoms with Crippen molar-refractivity contribution in [2.45, 2.75) is 68.9 Å². The molecule has 4 heterocycles. The fraction of sp³-hybridized carbons (Fsp3) is 0.517. The Morgan fingerprint density at radius 3 is 1.98 bits per heavy atom. The highest BCUT2D eigenvalue weighted by molar-refractivity contribution is 5.77. The summed E-state index contributed by atoms with van der Waals surface area (Å²) in [5.41, 5.74) is 2.33. The molecule has 2 aromatic rings. The van der Waals surface area contributed by atoms with Crippen LogP contribution in [0.2, 0.25) is 0 Å². The fourth-order valence-electron chi connectivity index (χ4n) is 5.41. The standard InChI is InChI=1S/C25H31N3O2.2C2HF3O2/c29-24(28-12-3-4-13-28)16-21-17-25(30-23-8-2-1-7-22(21)23)9-14-27(15-10-25)19-20-6-5-11-26-18-20;2*3-2(4,5)1(6)7/h1-2,5-8,11,18,21H,3-4,9-10,12-17,19H2;2*(H,6,7). The molecule has 1 aromatic heterocycles. The number of aliphatic carboxylic acids is 2. The number of hydrogen-bond donors (Lipinski definition) is 2. The minimum atomic E-state index is -5.08. The van der Waals surface area contributed by atoms with Crippen molar-refractivity contribution in [1.82, 2.24) is 14.8 Å². The number of piperidine rings is 1. The highest BCUT2D eigenvalue weighted by Crippen LogP contribution is 2.47. The summed E-state index contributed by atoms with van der Waals surface area (Å²) in [5.74, 6) is -3.95. The van der Waals surface area contributed by atoms with Crippen molar-refractivity contribution in [2.75, 3.05) is 26.2 Å². The number of carbonyl (C=O) groups is 3. The first kappa shape index (κ1) is 34.6. The number of benzene rings is 1. The van der Waals surface area contributed by atoms with Crippen LogP contribution in [-0.4, -0.2) is 87.0 Å². The quantitative estimate of drug-likeness (QED) is 0.438. The number of nitrogens with zero attached hydrogens (tertiary/aromatic N) is 3. The number of amides is 1. The predicted molar refractivity (Wildman–Crippen MR) is 144 cm³/mol. The molecule has 2 fully saturated rings. The van der Waals surface area contributed by atoms with Crippen LogP contribution in [0.4, 0.5) is 26.3 Å². The van der Waals surface area contributed by atoms with Crippen molar-refractivity contribution in [3.63, 3.8) is 0 Å². The van der Waals surface area contributed by atoms with Gasteiger partial charge in [0.05, 0.1) is 0 Å². The van der Waals surface area contributed by atoms with Gasteiger partial charge in [0, 0.05) is 57.5 Å². The molecule has 0 aliphatic carbocycles. The van der Waals surface area contributed by atoms with Crippen molar-refractivity contribution in [3.8, 4) is 5.75 Å². The monoisotopic (exact) mass is 633 g/mol. The average Bonchev–Trinajstić information content (AvgIpc) is 3.50. The van der Waals surface area contributed by atoms with Gasteiger partial charge in [0.2, 0.25) is 5.91 Å². The molecule has 3 aliphatic rings. The van der Waals surface area contributed by atoms with Gasteiger partial charge in [-0.05, 0) is 55.4 Å². The number of carboxylic acid groups (broad SMARTS) is 2. The zero-order chi connectivity index (χ0) is 32.5. The van der Waals surface area contributed by atoms with Crippen LogP contribution in [0.25, 0.3) is 0 Å². The Balaban J connectivity index is 0.000000317. The van der Waals surface area contributed by atoms with E-state index in [1.54, 1.807) is 0 Å². The van der Waals surface area contributed by atoms with E-state index in [1.165, 1.54) is 11.1 Å². The largest absolute Gasteiger partial charge is 0.490 e. The Hall–Kier alpha value is -3.88. The van der Waals surface area contributed by atoms with E-state index in [1.807, 2.05) is 18.5 Å². The summed E-state index contributed by atoms with van der Waals surface area (Å²) in [5, 5.41) is 14.2. The zero-order valence-electron chi connectivity index (χ0n) is 23.6. The molecule has 0 bridgehead atoms. The molecular formula is C29H33F6N3O6. The molecule has 0 radical (unpaired) electrons. The van der Waals surface area contributed by atoms with Gasteiger partial charge < -0.3 is 19.8 Å². The van der Waals surface area contributed by atoms with Crippen LogP contribution in [0.3, 0.4) is 0 Å². The number of para-hydroxylation sites is 1. The van der Waals surface area contributed by atoms with Gasteiger partial charge in [0.25, 0.3) is 0 Å². The second-order valence-corrected chi connectivity index (χ2v) is 10.8. The normalized spacial score (nSPS) is 19.4. The molecule has 1 amide bonds. The third kappa shape index (κ3) is 10.1. The van der Waals surface area contributed by atoms with E-state index in [9.17, 15) is 31.1 Å². The highest BCUT2D eigenvalue weighted by Gasteiger charge is 2.44. The van der Waals surface area contributed by atoms with E-state index >= 15 is 0 Å². The van der Waals surface area contributed by atoms with Crippen molar-refractivity contribution < 1.29 is 55.7 Å². The second kappa shape index (κ2) is 14.7. The molecule has 242 valence electrons. The summed E-state index contributed by atoms with van der Waals surface area (Å²) in [6.45, 7) is 4.83. The molecule has 44 heavy (non-hydrogen) atoms. The van der Waals surface area contributed by atoms with E-state index < -0.39 is 24.3 Å². The van der Waals surface area contributed by atoms with Crippen molar-refractivity contribution in [1.29, 1.82) is 0 Å². The van der Waals surface area contributed by atoms with Crippen molar-refractivity contribution >= 4 is 17.8 Å². The van der Waals surface area contributed by atoms with Gasteiger partial charge in [-0.2, -0.15) is 26.3 Å². The molecule has 9 nitrogen and oxygen atoms in total. The first-order valence-electron chi connectivity index (χ1n) is 13.9. The van der Waals surface area contributed by atoms with Gasteiger partial charge in [-0.1, -0.05) is 24.3 Å². The number of carbonyl (C=O) groups excluding carboxylic acids is 1. The number of pyridine rings is 1. The lowest BCUT2D eigenvalue weighted by Crippen LogP contribution is -2.50. The first-order valence-corrected chi connectivity index (χ1v) is 13.9. The van der Waals surface area contributed by atoms with Gasteiger partial charge in [0.15, 0.2) is 0 Å². The maximum Gasteiger partial charge on any atom is 0.490 e. The lowest BCUT2D eigenvalue weighted by atomic mass is 9.76. The number of carboxylic acids is 2. The number of aromatic nitrogens is 1. The Morgan fingerprint density at radius 1 is 0.886 bits per heavy atom. The summed E-state index contributed by atoms with van der Waals surface area (Å²) in [4.78, 5) is 39.5. The number of alkyl halides is 6. The smallest absolute Gasteiger partial charge is 0.487 e. The molecule has 1 unspecified atom stereocenters. The minimum absolute atomic E-state index is 0.143. The van der Waals surface area contributed by atoms with Crippen molar-refractivity contribution in [2.24, 2.45) is 0 Å². The van der Waals surface area contributed by atoms with Crippen LogP contribution in [0.1, 0.15) is 55.6 Å². The molecular weight excluding hydrogens is 600 g/mol. The molecule has 1 spiro atoms. The SMILES string of the molecule is O=C(CC1CC2(CCN(Cc3cccnc3)CC2)Oc2ccccc21)N1CCCC1.O=C(O)C(F)(F)F.O=C(O)C(F)(F)F. The molecule has 2 saturated heterocycles. The Labute approximate surface area is 249 Å². The van der Waals surface area contributed by atoms with Gasteiger partial charge in [-0.15, -0.1) is 0 Å². The number of ether oxygens (including phenoxy) is 1. The lowest BCUT2D eigenvalue weighted by Gasteiger charge is -2.47. The number of rotatable bonds is 4. The van der Waals surface area contributed by atoms with Crippen molar-refractivity contribution in [3.05, 3.63) is 59.9 Å². The third-order valence-corrected chi connectivity index (χ3v) is 7.56. The topological polar surface area (TPSA) is 120 Å². The van der Waals surface area contributed by atoms with Crippen LogP contribution >= 0.6 is 0 Å². The van der Waals surface area contributed by atoms with E-state index in [-0.39, 0.29) is 11.5 Å². The molecule has 3 aliphatic heterocycles. The van der Waals surface area contributed by atoms with E-state index in [0.717, 1.165) is 70.6 Å². The molecule has 5 rings (SSSR count). The van der Waals surface area contributed by atoms with Gasteiger partial charge in [-0.25, -0.2) is 9.59 Å². The molecule has 2 N–H and O–H groups in total. The average molecular weight is 634 g/mol. The van der Waals surface area contributed by atoms with E-state index in [0.29, 0.717) is 12.3 Å². The Morgan fingerprint density at radius 2 is 1.45 bits per heavy atom. The maximum atomic E-state index is 12.9. The van der Waals surface area contributed by atoms with Crippen LogP contribution in [0, 0.1) is 0 Å². The zero-order valence-corrected chi connectivity index (χ0v) is 23.6. The van der Waals surface area contributed by atoms with E-state index in [4.69, 9.17) is 24.5 Å². The fourth-order valence-corrected chi connectivity index (χ4v) is 5.41. The van der Waals surface area contributed by atoms with Crippen LogP contribution in [0.5, 0.6) is 5.75 Å². The summed E-state index contributed by atoms with van der Waals surface area (Å²) in [6.07, 6.45) is -0.513. The predicted octanol–water partition coefficient (Wildman–Crippen LogP) is 5.26. The van der Waals surface area contributed by atoms with Gasteiger partial charge >= 0.3 is 24.3 Å². The number of halogens is 6. The maximum absolute atomic E-state index is 12.9. The summed E-state index contributed by atoms with van der Waals surface area (Å²) < 4.78 is 70.1. The molecule has 0 saturated carbocycles. The highest BCUT2D eigenvalue weighted by atomic mass is 19.4. The van der Waals surface area contributed by atoms with Gasteiger partial charge in [0.1, 0.15) is 11.4 Å². The molecule has 15 heteroatoms. The third-order valence-electron chi connectivity index (χ3n) is 7.56. The van der Waals surface area contributed by atoms with Crippen LogP contribution in [0.15, 0.2) is 48.8 Å². The number of likely N-dealkylation sites (tertiary alicyclic amines) is 2. The lowest BCUT2D eigenvalue weighted by molar-refractivity contribution is -0.193. The van der Waals surface area contributed by atoms with Crippen LogP contribution in [-0.2, 0) is 20.9 Å². The molecule has 1 aromatic carbocycles. The second-order valence-electron chi connectivity index (χ2n) is 10.8. The molecule has 1 atom stereocenters.